The second-order valence-corrected chi connectivity index (χ2v) is 4.64. The highest BCUT2D eigenvalue weighted by atomic mass is 15.0. The quantitative estimate of drug-likeness (QED) is 0.734. The van der Waals surface area contributed by atoms with Crippen LogP contribution in [-0.2, 0) is 0 Å². The lowest BCUT2D eigenvalue weighted by Gasteiger charge is -2.05. The van der Waals surface area contributed by atoms with Crippen LogP contribution in [0.2, 0.25) is 0 Å². The van der Waals surface area contributed by atoms with Crippen LogP contribution in [-0.4, -0.2) is 18.1 Å². The van der Waals surface area contributed by atoms with Gasteiger partial charge in [-0.1, -0.05) is 44.2 Å². The van der Waals surface area contributed by atoms with E-state index in [1.54, 1.807) is 0 Å². The monoisotopic (exact) mass is 214 g/mol. The smallest absolute Gasteiger partial charge is 0.154 e. The lowest BCUT2D eigenvalue weighted by atomic mass is 10.0. The first-order valence-electron chi connectivity index (χ1n) is 5.93. The Balaban J connectivity index is 2.00. The largest absolute Gasteiger partial charge is 0.257 e. The zero-order chi connectivity index (χ0) is 11.4. The van der Waals surface area contributed by atoms with Crippen LogP contribution in [0.15, 0.2) is 40.3 Å². The zero-order valence-electron chi connectivity index (χ0n) is 9.93. The van der Waals surface area contributed by atoms with Gasteiger partial charge in [-0.3, -0.25) is 4.99 Å². The van der Waals surface area contributed by atoms with E-state index < -0.39 is 0 Å². The Bertz CT molecular complexity index is 390. The van der Waals surface area contributed by atoms with Gasteiger partial charge in [0.05, 0.1) is 6.04 Å². The van der Waals surface area contributed by atoms with Crippen LogP contribution >= 0.6 is 0 Å². The molecule has 0 aromatic heterocycles. The summed E-state index contributed by atoms with van der Waals surface area (Å²) in [4.78, 5) is 9.01. The van der Waals surface area contributed by atoms with Crippen molar-refractivity contribution in [2.45, 2.75) is 32.7 Å². The molecule has 0 aliphatic carbocycles. The Morgan fingerprint density at radius 1 is 1.19 bits per heavy atom. The first-order chi connectivity index (χ1) is 7.75. The van der Waals surface area contributed by atoms with Crippen molar-refractivity contribution in [3.8, 4) is 0 Å². The molecule has 0 spiro atoms. The number of hydrogen-bond acceptors (Lipinski definition) is 2. The Labute approximate surface area is 97.1 Å². The van der Waals surface area contributed by atoms with Crippen molar-refractivity contribution in [3.63, 3.8) is 0 Å². The minimum absolute atomic E-state index is 0.289. The van der Waals surface area contributed by atoms with Gasteiger partial charge in [-0.05, 0) is 18.8 Å². The highest BCUT2D eigenvalue weighted by Crippen LogP contribution is 2.14. The molecule has 2 heteroatoms. The van der Waals surface area contributed by atoms with E-state index in [0.29, 0.717) is 0 Å². The molecule has 1 heterocycles. The number of rotatable bonds is 4. The van der Waals surface area contributed by atoms with Crippen LogP contribution < -0.4 is 0 Å². The molecule has 0 fully saturated rings. The fourth-order valence-electron chi connectivity index (χ4n) is 1.76. The Morgan fingerprint density at radius 2 is 1.94 bits per heavy atom. The van der Waals surface area contributed by atoms with Crippen molar-refractivity contribution in [1.82, 2.24) is 0 Å². The Hall–Kier alpha value is -1.44. The van der Waals surface area contributed by atoms with Crippen LogP contribution in [0, 0.1) is 5.92 Å². The maximum Gasteiger partial charge on any atom is 0.154 e. The number of hydrogen-bond donors (Lipinski definition) is 0. The minimum atomic E-state index is 0.289. The van der Waals surface area contributed by atoms with Crippen molar-refractivity contribution in [3.05, 3.63) is 35.9 Å². The van der Waals surface area contributed by atoms with E-state index in [9.17, 15) is 0 Å². The topological polar surface area (TPSA) is 24.7 Å². The van der Waals surface area contributed by atoms with E-state index in [-0.39, 0.29) is 6.04 Å². The van der Waals surface area contributed by atoms with Crippen molar-refractivity contribution in [2.24, 2.45) is 15.9 Å². The number of nitrogens with zero attached hydrogens (tertiary/aromatic N) is 2. The molecule has 84 valence electrons. The summed E-state index contributed by atoms with van der Waals surface area (Å²) in [6, 6.07) is 10.5. The summed E-state index contributed by atoms with van der Waals surface area (Å²) >= 11 is 0. The van der Waals surface area contributed by atoms with Gasteiger partial charge in [-0.2, -0.15) is 0 Å². The Kier molecular flexibility index (Phi) is 3.50. The highest BCUT2D eigenvalue weighted by Gasteiger charge is 2.13. The molecule has 1 atom stereocenters. The molecule has 0 bridgehead atoms. The fraction of sp³-hybridized carbons (Fsp3) is 0.429. The molecule has 2 nitrogen and oxygen atoms in total. The molecule has 0 saturated heterocycles. The molecule has 1 aliphatic rings. The summed E-state index contributed by atoms with van der Waals surface area (Å²) in [7, 11) is 0. The average Bonchev–Trinajstić information content (AvgIpc) is 2.76. The Morgan fingerprint density at radius 3 is 2.62 bits per heavy atom. The van der Waals surface area contributed by atoms with E-state index in [1.807, 2.05) is 24.4 Å². The van der Waals surface area contributed by atoms with Crippen LogP contribution in [0.5, 0.6) is 0 Å². The molecule has 2 rings (SSSR count). The molecule has 1 unspecified atom stereocenters. The van der Waals surface area contributed by atoms with Gasteiger partial charge in [0.1, 0.15) is 0 Å². The maximum atomic E-state index is 4.62. The lowest BCUT2D eigenvalue weighted by molar-refractivity contribution is 0.545. The van der Waals surface area contributed by atoms with E-state index in [4.69, 9.17) is 0 Å². The third-order valence-electron chi connectivity index (χ3n) is 2.73. The van der Waals surface area contributed by atoms with Crippen LogP contribution in [0.4, 0.5) is 0 Å². The van der Waals surface area contributed by atoms with E-state index >= 15 is 0 Å². The first-order valence-corrected chi connectivity index (χ1v) is 5.93. The zero-order valence-corrected chi connectivity index (χ0v) is 9.93. The average molecular weight is 214 g/mol. The molecule has 0 N–H and O–H groups in total. The molecule has 16 heavy (non-hydrogen) atoms. The van der Waals surface area contributed by atoms with Gasteiger partial charge >= 0.3 is 0 Å². The van der Waals surface area contributed by atoms with Gasteiger partial charge in [-0.25, -0.2) is 4.99 Å². The normalized spacial score (nSPS) is 19.2. The van der Waals surface area contributed by atoms with Crippen LogP contribution in [0.25, 0.3) is 0 Å². The van der Waals surface area contributed by atoms with Crippen molar-refractivity contribution in [2.75, 3.05) is 0 Å². The van der Waals surface area contributed by atoms with Gasteiger partial charge in [-0.15, -0.1) is 0 Å². The number of benzene rings is 1. The van der Waals surface area contributed by atoms with Gasteiger partial charge < -0.3 is 0 Å². The molecule has 0 radical (unpaired) electrons. The minimum Gasteiger partial charge on any atom is -0.257 e. The van der Waals surface area contributed by atoms with E-state index in [2.05, 4.69) is 36.0 Å². The van der Waals surface area contributed by atoms with Crippen molar-refractivity contribution >= 4 is 12.1 Å². The maximum absolute atomic E-state index is 4.62. The van der Waals surface area contributed by atoms with Crippen LogP contribution in [0.1, 0.15) is 32.3 Å². The molecular formula is C14H18N2. The predicted molar refractivity (Wildman–Crippen MR) is 69.3 cm³/mol. The SMILES string of the molecule is CC(C)CCC1C=NC(c2ccccc2)=N1. The first kappa shape index (κ1) is 11.1. The van der Waals surface area contributed by atoms with Crippen LogP contribution in [0.3, 0.4) is 0 Å². The summed E-state index contributed by atoms with van der Waals surface area (Å²) in [6.07, 6.45) is 4.30. The third-order valence-corrected chi connectivity index (χ3v) is 2.73. The third kappa shape index (κ3) is 2.78. The number of amidine groups is 1. The van der Waals surface area contributed by atoms with Gasteiger partial charge in [0.25, 0.3) is 0 Å². The second-order valence-electron chi connectivity index (χ2n) is 4.64. The van der Waals surface area contributed by atoms with Gasteiger partial charge in [0.15, 0.2) is 5.84 Å². The predicted octanol–water partition coefficient (Wildman–Crippen LogP) is 3.32. The van der Waals surface area contributed by atoms with Crippen molar-refractivity contribution in [1.29, 1.82) is 0 Å². The summed E-state index contributed by atoms with van der Waals surface area (Å²) in [5.74, 6) is 1.62. The van der Waals surface area contributed by atoms with E-state index in [1.165, 1.54) is 6.42 Å². The number of aliphatic imine (C=N–C) groups is 2. The summed E-state index contributed by atoms with van der Waals surface area (Å²) in [6.45, 7) is 4.49. The van der Waals surface area contributed by atoms with Crippen molar-refractivity contribution < 1.29 is 0 Å². The standard InChI is InChI=1S/C14H18N2/c1-11(2)8-9-13-10-15-14(16-13)12-6-4-3-5-7-12/h3-7,10-11,13H,8-9H2,1-2H3. The summed E-state index contributed by atoms with van der Waals surface area (Å²) in [5.41, 5.74) is 1.12. The van der Waals surface area contributed by atoms with Gasteiger partial charge in [0, 0.05) is 11.8 Å². The van der Waals surface area contributed by atoms with E-state index in [0.717, 1.165) is 23.7 Å². The highest BCUT2D eigenvalue weighted by molar-refractivity contribution is 6.07. The lowest BCUT2D eigenvalue weighted by Crippen LogP contribution is -2.04. The molecule has 1 aliphatic heterocycles. The molecule has 0 saturated carbocycles. The van der Waals surface area contributed by atoms with Gasteiger partial charge in [0.2, 0.25) is 0 Å². The summed E-state index contributed by atoms with van der Waals surface area (Å²) in [5, 5.41) is 0. The molecule has 0 amide bonds. The second kappa shape index (κ2) is 5.06. The summed E-state index contributed by atoms with van der Waals surface area (Å²) < 4.78 is 0. The fourth-order valence-corrected chi connectivity index (χ4v) is 1.76. The molecule has 1 aromatic carbocycles. The molecule has 1 aromatic rings. The molecular weight excluding hydrogens is 196 g/mol.